The lowest BCUT2D eigenvalue weighted by atomic mass is 10.1. The molecule has 0 saturated carbocycles. The second-order valence-electron chi connectivity index (χ2n) is 3.07. The third-order valence-corrected chi connectivity index (χ3v) is 2.33. The third kappa shape index (κ3) is 4.26. The van der Waals surface area contributed by atoms with Gasteiger partial charge < -0.3 is 0 Å². The lowest BCUT2D eigenvalue weighted by Gasteiger charge is -1.95. The molecule has 1 aromatic carbocycles. The van der Waals surface area contributed by atoms with Crippen LogP contribution in [0.5, 0.6) is 0 Å². The van der Waals surface area contributed by atoms with Gasteiger partial charge in [0, 0.05) is 10.0 Å². The van der Waals surface area contributed by atoms with Crippen molar-refractivity contribution in [3.63, 3.8) is 0 Å². The highest BCUT2D eigenvalue weighted by Crippen LogP contribution is 2.12. The number of benzene rings is 1. The van der Waals surface area contributed by atoms with Crippen molar-refractivity contribution < 1.29 is 4.79 Å². The van der Waals surface area contributed by atoms with Crippen molar-refractivity contribution in [3.05, 3.63) is 58.6 Å². The summed E-state index contributed by atoms with van der Waals surface area (Å²) < 4.78 is 0.922. The summed E-state index contributed by atoms with van der Waals surface area (Å²) >= 11 is 3.33. The van der Waals surface area contributed by atoms with Gasteiger partial charge >= 0.3 is 0 Å². The minimum atomic E-state index is 0.0250. The molecule has 0 spiro atoms. The van der Waals surface area contributed by atoms with Crippen LogP contribution in [0.15, 0.2) is 53.0 Å². The van der Waals surface area contributed by atoms with Crippen LogP contribution < -0.4 is 0 Å². The molecular formula is C13H13BrO. The average molecular weight is 265 g/mol. The molecule has 2 heteroatoms. The number of rotatable bonds is 4. The van der Waals surface area contributed by atoms with Gasteiger partial charge in [-0.2, -0.15) is 0 Å². The van der Waals surface area contributed by atoms with Gasteiger partial charge in [0.1, 0.15) is 0 Å². The first-order chi connectivity index (χ1) is 7.24. The highest BCUT2D eigenvalue weighted by atomic mass is 79.9. The zero-order chi connectivity index (χ0) is 11.1. The van der Waals surface area contributed by atoms with Gasteiger partial charge in [-0.05, 0) is 24.6 Å². The first kappa shape index (κ1) is 11.9. The van der Waals surface area contributed by atoms with Crippen molar-refractivity contribution in [2.24, 2.45) is 0 Å². The molecule has 0 aliphatic carbocycles. The molecule has 0 aromatic heterocycles. The molecule has 0 unspecified atom stereocenters. The van der Waals surface area contributed by atoms with Crippen LogP contribution >= 0.6 is 15.9 Å². The van der Waals surface area contributed by atoms with Crippen LogP contribution in [0.25, 0.3) is 0 Å². The predicted molar refractivity (Wildman–Crippen MR) is 67.0 cm³/mol. The van der Waals surface area contributed by atoms with Crippen molar-refractivity contribution in [2.45, 2.75) is 13.3 Å². The van der Waals surface area contributed by atoms with Gasteiger partial charge in [-0.1, -0.05) is 53.2 Å². The molecule has 0 saturated heterocycles. The van der Waals surface area contributed by atoms with Gasteiger partial charge in [0.05, 0.1) is 0 Å². The van der Waals surface area contributed by atoms with E-state index >= 15 is 0 Å². The molecule has 0 aliphatic rings. The summed E-state index contributed by atoms with van der Waals surface area (Å²) in [4.78, 5) is 11.6. The van der Waals surface area contributed by atoms with E-state index in [0.29, 0.717) is 5.56 Å². The summed E-state index contributed by atoms with van der Waals surface area (Å²) in [6, 6.07) is 7.38. The van der Waals surface area contributed by atoms with E-state index < -0.39 is 0 Å². The normalized spacial score (nSPS) is 11.3. The van der Waals surface area contributed by atoms with Gasteiger partial charge in [-0.3, -0.25) is 4.79 Å². The van der Waals surface area contributed by atoms with E-state index in [1.807, 2.05) is 30.4 Å². The Hall–Kier alpha value is -1.15. The molecule has 78 valence electrons. The van der Waals surface area contributed by atoms with Gasteiger partial charge in [-0.25, -0.2) is 0 Å². The highest BCUT2D eigenvalue weighted by molar-refractivity contribution is 9.10. The van der Waals surface area contributed by atoms with Crippen molar-refractivity contribution in [1.82, 2.24) is 0 Å². The molecule has 0 atom stereocenters. The Morgan fingerprint density at radius 3 is 2.87 bits per heavy atom. The van der Waals surface area contributed by atoms with Crippen LogP contribution in [0.4, 0.5) is 0 Å². The van der Waals surface area contributed by atoms with Crippen molar-refractivity contribution >= 4 is 21.7 Å². The molecule has 0 heterocycles. The second-order valence-corrected chi connectivity index (χ2v) is 3.99. The Balaban J connectivity index is 2.69. The Kier molecular flexibility index (Phi) is 5.05. The highest BCUT2D eigenvalue weighted by Gasteiger charge is 2.00. The monoisotopic (exact) mass is 264 g/mol. The van der Waals surface area contributed by atoms with Crippen LogP contribution in [-0.2, 0) is 0 Å². The SMILES string of the molecule is CC/C=C\C=C\C(=O)c1cccc(Br)c1. The molecule has 0 fully saturated rings. The van der Waals surface area contributed by atoms with Crippen LogP contribution in [-0.4, -0.2) is 5.78 Å². The minimum Gasteiger partial charge on any atom is -0.289 e. The van der Waals surface area contributed by atoms with E-state index in [2.05, 4.69) is 22.9 Å². The second kappa shape index (κ2) is 6.36. The van der Waals surface area contributed by atoms with Crippen molar-refractivity contribution in [2.75, 3.05) is 0 Å². The molecule has 0 aliphatic heterocycles. The number of hydrogen-bond donors (Lipinski definition) is 0. The van der Waals surface area contributed by atoms with Gasteiger partial charge in [0.2, 0.25) is 0 Å². The maximum Gasteiger partial charge on any atom is 0.185 e. The Morgan fingerprint density at radius 1 is 1.40 bits per heavy atom. The van der Waals surface area contributed by atoms with E-state index in [1.165, 1.54) is 0 Å². The largest absolute Gasteiger partial charge is 0.289 e. The van der Waals surface area contributed by atoms with Crippen LogP contribution in [0.2, 0.25) is 0 Å². The number of allylic oxidation sites excluding steroid dienone is 4. The number of carbonyl (C=O) groups excluding carboxylic acids is 1. The van der Waals surface area contributed by atoms with E-state index in [1.54, 1.807) is 18.2 Å². The summed E-state index contributed by atoms with van der Waals surface area (Å²) in [5.74, 6) is 0.0250. The fourth-order valence-corrected chi connectivity index (χ4v) is 1.49. The predicted octanol–water partition coefficient (Wildman–Crippen LogP) is 4.15. The standard InChI is InChI=1S/C13H13BrO/c1-2-3-4-5-9-13(15)11-7-6-8-12(14)10-11/h3-10H,2H2,1H3/b4-3-,9-5+. The Labute approximate surface area is 98.6 Å². The molecule has 15 heavy (non-hydrogen) atoms. The number of halogens is 1. The van der Waals surface area contributed by atoms with Crippen LogP contribution in [0.1, 0.15) is 23.7 Å². The maximum absolute atomic E-state index is 11.6. The molecule has 0 N–H and O–H groups in total. The Bertz CT molecular complexity index is 391. The third-order valence-electron chi connectivity index (χ3n) is 1.84. The Morgan fingerprint density at radius 2 is 2.20 bits per heavy atom. The lowest BCUT2D eigenvalue weighted by Crippen LogP contribution is -1.92. The summed E-state index contributed by atoms with van der Waals surface area (Å²) in [6.07, 6.45) is 8.22. The van der Waals surface area contributed by atoms with Crippen LogP contribution in [0.3, 0.4) is 0 Å². The maximum atomic E-state index is 11.6. The van der Waals surface area contributed by atoms with Gasteiger partial charge in [0.15, 0.2) is 5.78 Å². The smallest absolute Gasteiger partial charge is 0.185 e. The minimum absolute atomic E-state index is 0.0250. The van der Waals surface area contributed by atoms with E-state index in [0.717, 1.165) is 10.9 Å². The lowest BCUT2D eigenvalue weighted by molar-refractivity contribution is 0.104. The topological polar surface area (TPSA) is 17.1 Å². The molecule has 0 bridgehead atoms. The van der Waals surface area contributed by atoms with E-state index in [9.17, 15) is 4.79 Å². The van der Waals surface area contributed by atoms with Gasteiger partial charge in [-0.15, -0.1) is 0 Å². The first-order valence-corrected chi connectivity index (χ1v) is 5.66. The van der Waals surface area contributed by atoms with Crippen molar-refractivity contribution in [3.8, 4) is 0 Å². The number of ketones is 1. The summed E-state index contributed by atoms with van der Waals surface area (Å²) in [6.45, 7) is 2.06. The summed E-state index contributed by atoms with van der Waals surface area (Å²) in [5.41, 5.74) is 0.700. The first-order valence-electron chi connectivity index (χ1n) is 4.87. The fraction of sp³-hybridized carbons (Fsp3) is 0.154. The quantitative estimate of drug-likeness (QED) is 0.454. The molecule has 1 nitrogen and oxygen atoms in total. The molecule has 0 radical (unpaired) electrons. The zero-order valence-corrected chi connectivity index (χ0v) is 10.2. The zero-order valence-electron chi connectivity index (χ0n) is 8.61. The van der Waals surface area contributed by atoms with E-state index in [4.69, 9.17) is 0 Å². The molecular weight excluding hydrogens is 252 g/mol. The molecule has 0 amide bonds. The van der Waals surface area contributed by atoms with Crippen molar-refractivity contribution in [1.29, 1.82) is 0 Å². The summed E-state index contributed by atoms with van der Waals surface area (Å²) in [5, 5.41) is 0. The molecule has 1 rings (SSSR count). The summed E-state index contributed by atoms with van der Waals surface area (Å²) in [7, 11) is 0. The number of carbonyl (C=O) groups is 1. The number of hydrogen-bond acceptors (Lipinski definition) is 1. The van der Waals surface area contributed by atoms with Crippen LogP contribution in [0, 0.1) is 0 Å². The average Bonchev–Trinajstić information content (AvgIpc) is 2.24. The van der Waals surface area contributed by atoms with Gasteiger partial charge in [0.25, 0.3) is 0 Å². The fourth-order valence-electron chi connectivity index (χ4n) is 1.10. The van der Waals surface area contributed by atoms with E-state index in [-0.39, 0.29) is 5.78 Å². The molecule has 1 aromatic rings.